The van der Waals surface area contributed by atoms with Gasteiger partial charge >= 0.3 is 5.97 Å². The average molecular weight is 346 g/mol. The van der Waals surface area contributed by atoms with Crippen LogP contribution in [0.5, 0.6) is 11.5 Å². The number of sulfone groups is 1. The third-order valence-electron chi connectivity index (χ3n) is 3.43. The lowest BCUT2D eigenvalue weighted by molar-refractivity contribution is 0.0697. The fourth-order valence-corrected chi connectivity index (χ4v) is 2.99. The van der Waals surface area contributed by atoms with Gasteiger partial charge in [-0.1, -0.05) is 0 Å². The molecule has 2 aromatic carbocycles. The molecule has 0 amide bonds. The van der Waals surface area contributed by atoms with Crippen molar-refractivity contribution in [3.63, 3.8) is 0 Å². The highest BCUT2D eigenvalue weighted by Crippen LogP contribution is 2.31. The van der Waals surface area contributed by atoms with Crippen molar-refractivity contribution in [1.82, 2.24) is 0 Å². The Morgan fingerprint density at radius 3 is 2.33 bits per heavy atom. The Bertz CT molecular complexity index is 1030. The van der Waals surface area contributed by atoms with Crippen LogP contribution < -0.4 is 4.74 Å². The minimum absolute atomic E-state index is 0.00311. The van der Waals surface area contributed by atoms with Crippen molar-refractivity contribution in [3.8, 4) is 11.5 Å². The summed E-state index contributed by atoms with van der Waals surface area (Å²) >= 11 is 0. The number of carboxylic acid groups (broad SMARTS) is 1. The number of carboxylic acids is 1. The van der Waals surface area contributed by atoms with Gasteiger partial charge in [0.05, 0.1) is 4.90 Å². The van der Waals surface area contributed by atoms with Crippen molar-refractivity contribution in [2.75, 3.05) is 6.26 Å². The van der Waals surface area contributed by atoms with Crippen molar-refractivity contribution in [3.05, 3.63) is 53.8 Å². The van der Waals surface area contributed by atoms with Crippen LogP contribution in [0.3, 0.4) is 0 Å². The van der Waals surface area contributed by atoms with Gasteiger partial charge in [-0.15, -0.1) is 0 Å². The van der Waals surface area contributed by atoms with Crippen LogP contribution in [0.4, 0.5) is 0 Å². The maximum absolute atomic E-state index is 11.5. The number of aryl methyl sites for hydroxylation is 1. The van der Waals surface area contributed by atoms with E-state index < -0.39 is 15.8 Å². The molecule has 7 heteroatoms. The molecular weight excluding hydrogens is 332 g/mol. The molecule has 1 N–H and O–H groups in total. The van der Waals surface area contributed by atoms with Gasteiger partial charge < -0.3 is 14.3 Å². The standard InChI is InChI=1S/C17H14O6S/c1-10-7-11-8-13(9-15(17(18)19)16(11)22-10)23-12-3-5-14(6-4-12)24(2,20)21/h3-9H,1-2H3,(H,18,19). The van der Waals surface area contributed by atoms with Crippen LogP contribution >= 0.6 is 0 Å². The Morgan fingerprint density at radius 1 is 1.08 bits per heavy atom. The molecule has 0 saturated heterocycles. The van der Waals surface area contributed by atoms with Crippen molar-refractivity contribution in [1.29, 1.82) is 0 Å². The lowest BCUT2D eigenvalue weighted by atomic mass is 10.1. The number of rotatable bonds is 4. The molecule has 1 heterocycles. The first-order valence-corrected chi connectivity index (χ1v) is 8.88. The Morgan fingerprint density at radius 2 is 1.75 bits per heavy atom. The van der Waals surface area contributed by atoms with Crippen LogP contribution in [0.2, 0.25) is 0 Å². The van der Waals surface area contributed by atoms with E-state index in [1.54, 1.807) is 19.1 Å². The molecule has 0 aliphatic carbocycles. The Kier molecular flexibility index (Phi) is 3.81. The molecule has 0 radical (unpaired) electrons. The number of hydrogen-bond acceptors (Lipinski definition) is 5. The molecule has 124 valence electrons. The summed E-state index contributed by atoms with van der Waals surface area (Å²) < 4.78 is 34.0. The zero-order valence-electron chi connectivity index (χ0n) is 12.9. The van der Waals surface area contributed by atoms with E-state index in [1.165, 1.54) is 30.3 Å². The van der Waals surface area contributed by atoms with E-state index in [4.69, 9.17) is 9.15 Å². The lowest BCUT2D eigenvalue weighted by Gasteiger charge is -2.08. The normalized spacial score (nSPS) is 11.6. The maximum Gasteiger partial charge on any atom is 0.339 e. The number of aromatic carboxylic acids is 1. The molecule has 0 atom stereocenters. The number of furan rings is 1. The molecule has 6 nitrogen and oxygen atoms in total. The van der Waals surface area contributed by atoms with Gasteiger partial charge in [-0.3, -0.25) is 0 Å². The van der Waals surface area contributed by atoms with Crippen LogP contribution in [0.15, 0.2) is 51.8 Å². The van der Waals surface area contributed by atoms with E-state index in [1.807, 2.05) is 0 Å². The minimum Gasteiger partial charge on any atom is -0.478 e. The number of hydrogen-bond donors (Lipinski definition) is 1. The highest BCUT2D eigenvalue weighted by atomic mass is 32.2. The summed E-state index contributed by atoms with van der Waals surface area (Å²) in [4.78, 5) is 11.6. The summed E-state index contributed by atoms with van der Waals surface area (Å²) in [5.41, 5.74) is 0.295. The minimum atomic E-state index is -3.28. The Labute approximate surface area is 138 Å². The quantitative estimate of drug-likeness (QED) is 0.775. The third kappa shape index (κ3) is 3.11. The fraction of sp³-hybridized carbons (Fsp3) is 0.118. The van der Waals surface area contributed by atoms with Crippen molar-refractivity contribution >= 4 is 26.8 Å². The summed E-state index contributed by atoms with van der Waals surface area (Å²) in [6.45, 7) is 1.73. The second kappa shape index (κ2) is 5.68. The third-order valence-corrected chi connectivity index (χ3v) is 4.56. The second-order valence-electron chi connectivity index (χ2n) is 5.40. The van der Waals surface area contributed by atoms with E-state index in [-0.39, 0.29) is 10.5 Å². The van der Waals surface area contributed by atoms with E-state index in [0.717, 1.165) is 6.26 Å². The fourth-order valence-electron chi connectivity index (χ4n) is 2.36. The van der Waals surface area contributed by atoms with E-state index >= 15 is 0 Å². The molecule has 0 bridgehead atoms. The molecule has 3 rings (SSSR count). The second-order valence-corrected chi connectivity index (χ2v) is 7.41. The molecule has 0 fully saturated rings. The molecule has 0 spiro atoms. The van der Waals surface area contributed by atoms with Crippen molar-refractivity contribution in [2.45, 2.75) is 11.8 Å². The molecule has 24 heavy (non-hydrogen) atoms. The van der Waals surface area contributed by atoms with Gasteiger partial charge in [-0.05, 0) is 49.4 Å². The highest BCUT2D eigenvalue weighted by molar-refractivity contribution is 7.90. The maximum atomic E-state index is 11.5. The summed E-state index contributed by atoms with van der Waals surface area (Å²) in [5, 5.41) is 9.95. The van der Waals surface area contributed by atoms with Gasteiger partial charge in [0.2, 0.25) is 0 Å². The number of benzene rings is 2. The predicted octanol–water partition coefficient (Wildman–Crippen LogP) is 3.64. The summed E-state index contributed by atoms with van der Waals surface area (Å²) in [7, 11) is -3.28. The van der Waals surface area contributed by atoms with Crippen LogP contribution in [-0.2, 0) is 9.84 Å². The Balaban J connectivity index is 1.99. The topological polar surface area (TPSA) is 93.8 Å². The average Bonchev–Trinajstić information content (AvgIpc) is 2.86. The van der Waals surface area contributed by atoms with Crippen LogP contribution in [-0.4, -0.2) is 25.7 Å². The molecule has 0 aliphatic heterocycles. The van der Waals surface area contributed by atoms with Gasteiger partial charge in [0.15, 0.2) is 9.84 Å². The largest absolute Gasteiger partial charge is 0.478 e. The van der Waals surface area contributed by atoms with E-state index in [0.29, 0.717) is 28.2 Å². The lowest BCUT2D eigenvalue weighted by Crippen LogP contribution is -1.98. The molecule has 1 aromatic heterocycles. The van der Waals surface area contributed by atoms with Gasteiger partial charge in [0, 0.05) is 11.6 Å². The van der Waals surface area contributed by atoms with E-state index in [9.17, 15) is 18.3 Å². The number of ether oxygens (including phenoxy) is 1. The zero-order chi connectivity index (χ0) is 17.5. The van der Waals surface area contributed by atoms with Crippen LogP contribution in [0.25, 0.3) is 11.0 Å². The number of fused-ring (bicyclic) bond motifs is 1. The summed E-state index contributed by atoms with van der Waals surface area (Å²) in [5.74, 6) is 0.209. The molecule has 0 saturated carbocycles. The van der Waals surface area contributed by atoms with E-state index in [2.05, 4.69) is 0 Å². The predicted molar refractivity (Wildman–Crippen MR) is 87.5 cm³/mol. The monoisotopic (exact) mass is 346 g/mol. The van der Waals surface area contributed by atoms with Gasteiger partial charge in [-0.2, -0.15) is 0 Å². The summed E-state index contributed by atoms with van der Waals surface area (Å²) in [6.07, 6.45) is 1.12. The van der Waals surface area contributed by atoms with Crippen LogP contribution in [0, 0.1) is 6.92 Å². The first-order valence-electron chi connectivity index (χ1n) is 6.99. The van der Waals surface area contributed by atoms with Crippen LogP contribution in [0.1, 0.15) is 16.1 Å². The van der Waals surface area contributed by atoms with Crippen molar-refractivity contribution < 1.29 is 27.5 Å². The van der Waals surface area contributed by atoms with Gasteiger partial charge in [0.1, 0.15) is 28.4 Å². The SMILES string of the molecule is Cc1cc2cc(Oc3ccc(S(C)(=O)=O)cc3)cc(C(=O)O)c2o1. The van der Waals surface area contributed by atoms with Gasteiger partial charge in [0.25, 0.3) is 0 Å². The molecule has 3 aromatic rings. The van der Waals surface area contributed by atoms with Crippen molar-refractivity contribution in [2.24, 2.45) is 0 Å². The molecular formula is C17H14O6S. The zero-order valence-corrected chi connectivity index (χ0v) is 13.8. The summed E-state index contributed by atoms with van der Waals surface area (Å²) in [6, 6.07) is 10.7. The first kappa shape index (κ1) is 16.1. The Hall–Kier alpha value is -2.80. The first-order chi connectivity index (χ1) is 11.2. The smallest absolute Gasteiger partial charge is 0.339 e. The number of carbonyl (C=O) groups is 1. The molecule has 0 aliphatic rings. The van der Waals surface area contributed by atoms with Gasteiger partial charge in [-0.25, -0.2) is 13.2 Å². The highest BCUT2D eigenvalue weighted by Gasteiger charge is 2.16. The molecule has 0 unspecified atom stereocenters.